The van der Waals surface area contributed by atoms with Crippen molar-refractivity contribution in [2.75, 3.05) is 5.73 Å². The molecule has 0 bridgehead atoms. The highest BCUT2D eigenvalue weighted by molar-refractivity contribution is 7.71. The van der Waals surface area contributed by atoms with Gasteiger partial charge in [0.05, 0.1) is 11.4 Å². The number of aromatic nitrogens is 2. The van der Waals surface area contributed by atoms with E-state index in [9.17, 15) is 4.79 Å². The van der Waals surface area contributed by atoms with E-state index in [1.54, 1.807) is 0 Å². The van der Waals surface area contributed by atoms with Crippen LogP contribution in [0.5, 0.6) is 0 Å². The fourth-order valence-corrected chi connectivity index (χ4v) is 0.830. The minimum Gasteiger partial charge on any atom is -0.395 e. The fraction of sp³-hybridized carbons (Fsp3) is 0. The standard InChI is InChI=1S/C5H6N4OS/c6-1-2-3(7)4(11)9-5(10)8-2/h1,6H,7H2,(H2,8,9,10,11). The molecule has 0 saturated carbocycles. The van der Waals surface area contributed by atoms with Gasteiger partial charge in [-0.2, -0.15) is 0 Å². The lowest BCUT2D eigenvalue weighted by Crippen LogP contribution is -2.15. The van der Waals surface area contributed by atoms with Gasteiger partial charge >= 0.3 is 5.69 Å². The molecule has 1 rings (SSSR count). The molecule has 0 saturated heterocycles. The largest absolute Gasteiger partial charge is 0.395 e. The minimum absolute atomic E-state index is 0.159. The summed E-state index contributed by atoms with van der Waals surface area (Å²) < 4.78 is 0.159. The second kappa shape index (κ2) is 2.67. The number of anilines is 1. The summed E-state index contributed by atoms with van der Waals surface area (Å²) in [6.07, 6.45) is 0.945. The number of nitrogens with two attached hydrogens (primary N) is 1. The van der Waals surface area contributed by atoms with Crippen LogP contribution in [0.2, 0.25) is 0 Å². The summed E-state index contributed by atoms with van der Waals surface area (Å²) >= 11 is 4.69. The molecular weight excluding hydrogens is 164 g/mol. The first-order valence-corrected chi connectivity index (χ1v) is 3.18. The second-order valence-electron chi connectivity index (χ2n) is 1.88. The summed E-state index contributed by atoms with van der Waals surface area (Å²) in [5.74, 6) is 0. The molecule has 58 valence electrons. The number of nitrogens with one attached hydrogen (secondary N) is 3. The van der Waals surface area contributed by atoms with Crippen molar-refractivity contribution in [3.05, 3.63) is 20.8 Å². The van der Waals surface area contributed by atoms with Crippen LogP contribution in [0, 0.1) is 10.0 Å². The Bertz CT molecular complexity index is 390. The van der Waals surface area contributed by atoms with E-state index in [1.165, 1.54) is 0 Å². The number of hydrogen-bond donors (Lipinski definition) is 4. The van der Waals surface area contributed by atoms with Crippen LogP contribution in [0.4, 0.5) is 5.69 Å². The molecule has 0 amide bonds. The van der Waals surface area contributed by atoms with E-state index in [1.807, 2.05) is 0 Å². The lowest BCUT2D eigenvalue weighted by molar-refractivity contribution is 1.06. The smallest absolute Gasteiger partial charge is 0.324 e. The molecule has 1 aromatic rings. The second-order valence-corrected chi connectivity index (χ2v) is 2.29. The van der Waals surface area contributed by atoms with Gasteiger partial charge in [-0.25, -0.2) is 4.79 Å². The molecule has 1 aromatic heterocycles. The van der Waals surface area contributed by atoms with E-state index in [0.717, 1.165) is 6.21 Å². The van der Waals surface area contributed by atoms with Gasteiger partial charge in [0.15, 0.2) is 0 Å². The third-order valence-corrected chi connectivity index (χ3v) is 1.48. The minimum atomic E-state index is -0.456. The van der Waals surface area contributed by atoms with Crippen molar-refractivity contribution in [3.8, 4) is 0 Å². The maximum absolute atomic E-state index is 10.7. The Balaban J connectivity index is 3.61. The Labute approximate surface area is 66.8 Å². The monoisotopic (exact) mass is 170 g/mol. The topological polar surface area (TPSA) is 98.5 Å². The lowest BCUT2D eigenvalue weighted by atomic mass is 10.4. The Morgan fingerprint density at radius 1 is 1.55 bits per heavy atom. The molecule has 11 heavy (non-hydrogen) atoms. The van der Waals surface area contributed by atoms with Gasteiger partial charge in [-0.1, -0.05) is 12.2 Å². The summed E-state index contributed by atoms with van der Waals surface area (Å²) in [5.41, 5.74) is 5.40. The lowest BCUT2D eigenvalue weighted by Gasteiger charge is -1.96. The summed E-state index contributed by atoms with van der Waals surface area (Å²) in [4.78, 5) is 15.3. The Morgan fingerprint density at radius 3 is 2.73 bits per heavy atom. The van der Waals surface area contributed by atoms with Crippen molar-refractivity contribution >= 4 is 24.1 Å². The molecule has 0 aliphatic rings. The molecule has 0 spiro atoms. The average molecular weight is 170 g/mol. The molecule has 0 atom stereocenters. The van der Waals surface area contributed by atoms with E-state index in [2.05, 4.69) is 9.97 Å². The molecular formula is C5H6N4OS. The van der Waals surface area contributed by atoms with E-state index >= 15 is 0 Å². The fourth-order valence-electron chi connectivity index (χ4n) is 0.627. The van der Waals surface area contributed by atoms with Crippen molar-refractivity contribution in [2.45, 2.75) is 0 Å². The highest BCUT2D eigenvalue weighted by atomic mass is 32.1. The van der Waals surface area contributed by atoms with E-state index < -0.39 is 5.69 Å². The number of H-pyrrole nitrogens is 2. The average Bonchev–Trinajstić information content (AvgIpc) is 1.96. The van der Waals surface area contributed by atoms with E-state index in [0.29, 0.717) is 0 Å². The summed E-state index contributed by atoms with van der Waals surface area (Å²) in [6.45, 7) is 0. The predicted molar refractivity (Wildman–Crippen MR) is 44.5 cm³/mol. The normalized spacial score (nSPS) is 9.45. The van der Waals surface area contributed by atoms with Crippen molar-refractivity contribution in [1.29, 1.82) is 5.41 Å². The van der Waals surface area contributed by atoms with Crippen molar-refractivity contribution in [3.63, 3.8) is 0 Å². The maximum atomic E-state index is 10.7. The SMILES string of the molecule is N=Cc1[nH]c(=O)[nH]c(=S)c1N. The molecule has 5 N–H and O–H groups in total. The quantitative estimate of drug-likeness (QED) is 0.353. The van der Waals surface area contributed by atoms with Crippen LogP contribution >= 0.6 is 12.2 Å². The number of rotatable bonds is 1. The summed E-state index contributed by atoms with van der Waals surface area (Å²) in [6, 6.07) is 0. The van der Waals surface area contributed by atoms with Gasteiger partial charge in [-0.15, -0.1) is 0 Å². The summed E-state index contributed by atoms with van der Waals surface area (Å²) in [7, 11) is 0. The zero-order chi connectivity index (χ0) is 8.43. The Hall–Kier alpha value is -1.43. The first-order valence-electron chi connectivity index (χ1n) is 2.77. The van der Waals surface area contributed by atoms with E-state index in [-0.39, 0.29) is 16.0 Å². The van der Waals surface area contributed by atoms with Crippen LogP contribution in [-0.4, -0.2) is 16.2 Å². The molecule has 0 unspecified atom stereocenters. The third kappa shape index (κ3) is 1.35. The van der Waals surface area contributed by atoms with Crippen LogP contribution in [0.3, 0.4) is 0 Å². The third-order valence-electron chi connectivity index (χ3n) is 1.15. The zero-order valence-corrected chi connectivity index (χ0v) is 6.29. The number of hydrogen-bond acceptors (Lipinski definition) is 4. The molecule has 6 heteroatoms. The zero-order valence-electron chi connectivity index (χ0n) is 5.47. The molecule has 0 aromatic carbocycles. The highest BCUT2D eigenvalue weighted by Gasteiger charge is 1.97. The van der Waals surface area contributed by atoms with Gasteiger partial charge in [-0.05, 0) is 0 Å². The highest BCUT2D eigenvalue weighted by Crippen LogP contribution is 2.01. The van der Waals surface area contributed by atoms with Crippen molar-refractivity contribution in [1.82, 2.24) is 9.97 Å². The van der Waals surface area contributed by atoms with Gasteiger partial charge in [0, 0.05) is 6.21 Å². The molecule has 1 heterocycles. The first kappa shape index (κ1) is 7.67. The van der Waals surface area contributed by atoms with Crippen LogP contribution in [-0.2, 0) is 0 Å². The Kier molecular flexibility index (Phi) is 1.86. The number of aromatic amines is 2. The van der Waals surface area contributed by atoms with Crippen LogP contribution in [0.15, 0.2) is 4.79 Å². The van der Waals surface area contributed by atoms with Crippen molar-refractivity contribution in [2.24, 2.45) is 0 Å². The molecule has 0 fully saturated rings. The van der Waals surface area contributed by atoms with E-state index in [4.69, 9.17) is 23.4 Å². The van der Waals surface area contributed by atoms with Gasteiger partial charge in [0.1, 0.15) is 4.64 Å². The van der Waals surface area contributed by atoms with Crippen LogP contribution in [0.1, 0.15) is 5.69 Å². The number of nitrogen functional groups attached to an aromatic ring is 1. The molecule has 0 aliphatic heterocycles. The maximum Gasteiger partial charge on any atom is 0.324 e. The van der Waals surface area contributed by atoms with Crippen LogP contribution in [0.25, 0.3) is 0 Å². The van der Waals surface area contributed by atoms with Gasteiger partial charge in [-0.3, -0.25) is 4.98 Å². The molecule has 0 aliphatic carbocycles. The Morgan fingerprint density at radius 2 is 2.18 bits per heavy atom. The molecule has 0 radical (unpaired) electrons. The van der Waals surface area contributed by atoms with Crippen LogP contribution < -0.4 is 11.4 Å². The summed E-state index contributed by atoms with van der Waals surface area (Å²) in [5, 5.41) is 6.84. The predicted octanol–water partition coefficient (Wildman–Crippen LogP) is 0.0124. The van der Waals surface area contributed by atoms with Gasteiger partial charge < -0.3 is 16.1 Å². The van der Waals surface area contributed by atoms with Gasteiger partial charge in [0.2, 0.25) is 0 Å². The van der Waals surface area contributed by atoms with Crippen molar-refractivity contribution < 1.29 is 0 Å². The first-order chi connectivity index (χ1) is 5.15. The van der Waals surface area contributed by atoms with Gasteiger partial charge in [0.25, 0.3) is 0 Å². The molecule has 5 nitrogen and oxygen atoms in total.